The van der Waals surface area contributed by atoms with Crippen LogP contribution in [-0.2, 0) is 0 Å². The van der Waals surface area contributed by atoms with Crippen molar-refractivity contribution in [1.82, 2.24) is 14.9 Å². The van der Waals surface area contributed by atoms with E-state index < -0.39 is 0 Å². The molecule has 0 saturated heterocycles. The van der Waals surface area contributed by atoms with Crippen LogP contribution in [0, 0.1) is 0 Å². The van der Waals surface area contributed by atoms with Gasteiger partial charge in [0.05, 0.1) is 12.1 Å². The zero-order valence-corrected chi connectivity index (χ0v) is 14.9. The molecule has 1 aromatic heterocycles. The SMILES string of the molecule is CCCC(CCC)c1nc2c([nH]1)C(=O)N(C)C1=N[C@@H]3CCC[C@@H]3N12. The summed E-state index contributed by atoms with van der Waals surface area (Å²) < 4.78 is 0. The summed E-state index contributed by atoms with van der Waals surface area (Å²) in [6.45, 7) is 4.41. The first kappa shape index (κ1) is 15.7. The summed E-state index contributed by atoms with van der Waals surface area (Å²) in [5.74, 6) is 2.99. The quantitative estimate of drug-likeness (QED) is 0.901. The second kappa shape index (κ2) is 5.90. The maximum atomic E-state index is 12.8. The number of aliphatic imine (C=N–C) groups is 1. The molecule has 130 valence electrons. The Bertz CT molecular complexity index is 673. The van der Waals surface area contributed by atoms with E-state index in [1.54, 1.807) is 4.90 Å². The third-order valence-electron chi connectivity index (χ3n) is 5.68. The minimum absolute atomic E-state index is 0.00882. The number of guanidine groups is 1. The zero-order valence-electron chi connectivity index (χ0n) is 14.9. The molecule has 0 radical (unpaired) electrons. The number of carbonyl (C=O) groups excluding carboxylic acids is 1. The summed E-state index contributed by atoms with van der Waals surface area (Å²) in [5, 5.41) is 0. The van der Waals surface area contributed by atoms with Crippen molar-refractivity contribution in [3.63, 3.8) is 0 Å². The predicted molar refractivity (Wildman–Crippen MR) is 94.6 cm³/mol. The summed E-state index contributed by atoms with van der Waals surface area (Å²) in [7, 11) is 1.83. The molecule has 6 heteroatoms. The second-order valence-corrected chi connectivity index (χ2v) is 7.32. The van der Waals surface area contributed by atoms with Crippen molar-refractivity contribution in [1.29, 1.82) is 0 Å². The fraction of sp³-hybridized carbons (Fsp3) is 0.722. The van der Waals surface area contributed by atoms with Crippen molar-refractivity contribution >= 4 is 17.7 Å². The lowest BCUT2D eigenvalue weighted by Gasteiger charge is -2.33. The van der Waals surface area contributed by atoms with Crippen LogP contribution in [0.3, 0.4) is 0 Å². The van der Waals surface area contributed by atoms with Crippen molar-refractivity contribution < 1.29 is 4.79 Å². The molecule has 1 fully saturated rings. The molecule has 2 aliphatic heterocycles. The van der Waals surface area contributed by atoms with Gasteiger partial charge in [0.1, 0.15) is 11.5 Å². The van der Waals surface area contributed by atoms with E-state index in [4.69, 9.17) is 9.98 Å². The zero-order chi connectivity index (χ0) is 16.8. The molecule has 2 atom stereocenters. The predicted octanol–water partition coefficient (Wildman–Crippen LogP) is 3.28. The fourth-order valence-electron chi connectivity index (χ4n) is 4.50. The number of hydrogen-bond acceptors (Lipinski definition) is 4. The van der Waals surface area contributed by atoms with Gasteiger partial charge in [-0.15, -0.1) is 0 Å². The van der Waals surface area contributed by atoms with Gasteiger partial charge in [-0.2, -0.15) is 0 Å². The number of anilines is 1. The number of nitrogens with one attached hydrogen (secondary N) is 1. The smallest absolute Gasteiger partial charge is 0.280 e. The molecule has 3 aliphatic rings. The Labute approximate surface area is 143 Å². The highest BCUT2D eigenvalue weighted by Crippen LogP contribution is 2.40. The Hall–Kier alpha value is -1.85. The van der Waals surface area contributed by atoms with E-state index in [0.29, 0.717) is 23.7 Å². The number of hydrogen-bond donors (Lipinski definition) is 1. The van der Waals surface area contributed by atoms with Crippen molar-refractivity contribution in [2.45, 2.75) is 76.8 Å². The highest BCUT2D eigenvalue weighted by Gasteiger charge is 2.48. The van der Waals surface area contributed by atoms with Crippen LogP contribution in [0.4, 0.5) is 5.82 Å². The standard InChI is InChI=1S/C18H27N5O/c1-4-7-11(8-5-2)15-20-14-16(21-15)23-13-10-6-9-12(13)19-18(23)22(3)17(14)24/h11-13H,4-10H2,1-3H3,(H,20,21)/t12-,13+/m1/s1. The minimum Gasteiger partial charge on any atom is -0.336 e. The van der Waals surface area contributed by atoms with Crippen molar-refractivity contribution in [2.75, 3.05) is 11.9 Å². The van der Waals surface area contributed by atoms with E-state index in [1.807, 2.05) is 7.05 Å². The van der Waals surface area contributed by atoms with Crippen molar-refractivity contribution in [3.05, 3.63) is 11.5 Å². The number of aromatic nitrogens is 2. The van der Waals surface area contributed by atoms with Crippen LogP contribution >= 0.6 is 0 Å². The molecule has 1 aromatic rings. The lowest BCUT2D eigenvalue weighted by molar-refractivity contribution is 0.0859. The monoisotopic (exact) mass is 329 g/mol. The van der Waals surface area contributed by atoms with Crippen LogP contribution in [0.2, 0.25) is 0 Å². The van der Waals surface area contributed by atoms with Gasteiger partial charge in [0, 0.05) is 13.0 Å². The molecule has 6 nitrogen and oxygen atoms in total. The van der Waals surface area contributed by atoms with Gasteiger partial charge < -0.3 is 4.98 Å². The van der Waals surface area contributed by atoms with Gasteiger partial charge in [-0.1, -0.05) is 26.7 Å². The van der Waals surface area contributed by atoms with Gasteiger partial charge in [-0.25, -0.2) is 9.98 Å². The van der Waals surface area contributed by atoms with Gasteiger partial charge in [-0.3, -0.25) is 14.6 Å². The van der Waals surface area contributed by atoms with Gasteiger partial charge in [-0.05, 0) is 32.1 Å². The molecule has 1 amide bonds. The molecule has 0 aromatic carbocycles. The maximum absolute atomic E-state index is 12.8. The van der Waals surface area contributed by atoms with E-state index in [2.05, 4.69) is 23.7 Å². The topological polar surface area (TPSA) is 64.6 Å². The van der Waals surface area contributed by atoms with Gasteiger partial charge in [0.25, 0.3) is 5.91 Å². The van der Waals surface area contributed by atoms with Gasteiger partial charge in [0.15, 0.2) is 5.82 Å². The molecular weight excluding hydrogens is 302 g/mol. The maximum Gasteiger partial charge on any atom is 0.280 e. The summed E-state index contributed by atoms with van der Waals surface area (Å²) in [4.78, 5) is 29.8. The lowest BCUT2D eigenvalue weighted by Crippen LogP contribution is -2.51. The van der Waals surface area contributed by atoms with E-state index in [0.717, 1.165) is 56.1 Å². The fourth-order valence-corrected chi connectivity index (χ4v) is 4.50. The molecule has 1 aliphatic carbocycles. The minimum atomic E-state index is -0.00882. The highest BCUT2D eigenvalue weighted by molar-refractivity contribution is 6.18. The van der Waals surface area contributed by atoms with E-state index in [-0.39, 0.29) is 5.91 Å². The van der Waals surface area contributed by atoms with E-state index in [1.165, 1.54) is 6.42 Å². The van der Waals surface area contributed by atoms with E-state index >= 15 is 0 Å². The molecule has 0 bridgehead atoms. The molecule has 4 rings (SSSR count). The highest BCUT2D eigenvalue weighted by atomic mass is 16.2. The number of carbonyl (C=O) groups is 1. The van der Waals surface area contributed by atoms with Crippen LogP contribution in [0.5, 0.6) is 0 Å². The molecule has 0 spiro atoms. The van der Waals surface area contributed by atoms with Gasteiger partial charge >= 0.3 is 0 Å². The molecule has 1 N–H and O–H groups in total. The molecule has 24 heavy (non-hydrogen) atoms. The third kappa shape index (κ3) is 2.19. The summed E-state index contributed by atoms with van der Waals surface area (Å²) in [5.41, 5.74) is 0.649. The summed E-state index contributed by atoms with van der Waals surface area (Å²) in [6, 6.07) is 0.699. The largest absolute Gasteiger partial charge is 0.336 e. The van der Waals surface area contributed by atoms with Crippen LogP contribution in [0.1, 0.15) is 81.0 Å². The number of H-pyrrole nitrogens is 1. The first-order valence-corrected chi connectivity index (χ1v) is 9.40. The number of aromatic amines is 1. The number of nitrogens with zero attached hydrogens (tertiary/aromatic N) is 4. The Balaban J connectivity index is 1.75. The van der Waals surface area contributed by atoms with Crippen LogP contribution in [-0.4, -0.2) is 45.9 Å². The third-order valence-corrected chi connectivity index (χ3v) is 5.68. The second-order valence-electron chi connectivity index (χ2n) is 7.32. The van der Waals surface area contributed by atoms with Crippen LogP contribution in [0.25, 0.3) is 0 Å². The van der Waals surface area contributed by atoms with Crippen molar-refractivity contribution in [2.24, 2.45) is 4.99 Å². The van der Waals surface area contributed by atoms with Crippen LogP contribution < -0.4 is 4.90 Å². The Morgan fingerprint density at radius 1 is 1.25 bits per heavy atom. The Kier molecular flexibility index (Phi) is 3.85. The first-order valence-electron chi connectivity index (χ1n) is 9.40. The summed E-state index contributed by atoms with van der Waals surface area (Å²) >= 11 is 0. The number of imidazole rings is 1. The summed E-state index contributed by atoms with van der Waals surface area (Å²) in [6.07, 6.45) is 7.94. The Morgan fingerprint density at radius 3 is 2.71 bits per heavy atom. The van der Waals surface area contributed by atoms with Crippen LogP contribution in [0.15, 0.2) is 4.99 Å². The molecular formula is C18H27N5O. The Morgan fingerprint density at radius 2 is 2.00 bits per heavy atom. The number of amides is 1. The number of rotatable bonds is 5. The normalized spacial score (nSPS) is 25.2. The average Bonchev–Trinajstić information content (AvgIpc) is 3.25. The molecule has 3 heterocycles. The lowest BCUT2D eigenvalue weighted by atomic mass is 9.98. The van der Waals surface area contributed by atoms with Gasteiger partial charge in [0.2, 0.25) is 5.96 Å². The van der Waals surface area contributed by atoms with Crippen molar-refractivity contribution in [3.8, 4) is 0 Å². The number of fused-ring (bicyclic) bond motifs is 5. The molecule has 1 saturated carbocycles. The average molecular weight is 329 g/mol. The first-order chi connectivity index (χ1) is 11.7. The molecule has 0 unspecified atom stereocenters. The van der Waals surface area contributed by atoms with E-state index in [9.17, 15) is 4.79 Å².